The maximum Gasteiger partial charge on any atom is 0.326 e. The zero-order chi connectivity index (χ0) is 48.2. The average molecular weight is 987 g/mol. The van der Waals surface area contributed by atoms with Gasteiger partial charge in [-0.2, -0.15) is 0 Å². The van der Waals surface area contributed by atoms with Crippen LogP contribution in [0.4, 0.5) is 0 Å². The van der Waals surface area contributed by atoms with Crippen LogP contribution in [0.1, 0.15) is 116 Å². The average Bonchev–Trinajstić information content (AvgIpc) is 3.26. The molecule has 65 heavy (non-hydrogen) atoms. The number of nitrogens with one attached hydrogen (secondary N) is 6. The molecule has 0 aliphatic rings. The molecule has 4 amide bonds. The second-order valence-electron chi connectivity index (χ2n) is 15.2. The molecule has 0 aromatic heterocycles. The molecule has 0 rings (SSSR count). The van der Waals surface area contributed by atoms with Gasteiger partial charge in [0.25, 0.3) is 0 Å². The van der Waals surface area contributed by atoms with Gasteiger partial charge < -0.3 is 55.5 Å². The minimum absolute atomic E-state index is 0.0132. The number of thiol groups is 2. The number of unbranched alkanes of at least 4 members (excludes halogenated alkanes) is 13. The predicted molar refractivity (Wildman–Crippen MR) is 254 cm³/mol. The molecule has 0 saturated carbocycles. The molecule has 0 aromatic rings. The van der Waals surface area contributed by atoms with E-state index in [0.717, 1.165) is 44.9 Å². The maximum atomic E-state index is 12.3. The Kier molecular flexibility index (Phi) is 43.2. The molecule has 0 heterocycles. The summed E-state index contributed by atoms with van der Waals surface area (Å²) in [5.41, 5.74) is 0. The number of hydrogen-bond acceptors (Lipinski definition) is 16. The van der Waals surface area contributed by atoms with E-state index in [0.29, 0.717) is 18.7 Å². The van der Waals surface area contributed by atoms with Crippen LogP contribution in [0.5, 0.6) is 0 Å². The van der Waals surface area contributed by atoms with Crippen LogP contribution in [-0.4, -0.2) is 165 Å². The van der Waals surface area contributed by atoms with Crippen LogP contribution in [0, 0.1) is 0 Å². The van der Waals surface area contributed by atoms with Gasteiger partial charge in [0, 0.05) is 51.2 Å². The fourth-order valence-electron chi connectivity index (χ4n) is 5.93. The molecular formula is C42H78N6O14S3. The van der Waals surface area contributed by atoms with Crippen molar-refractivity contribution in [3.63, 3.8) is 0 Å². The van der Waals surface area contributed by atoms with E-state index in [-0.39, 0.29) is 133 Å². The Morgan fingerprint density at radius 1 is 0.538 bits per heavy atom. The minimum Gasteiger partial charge on any atom is -0.481 e. The third kappa shape index (κ3) is 43.6. The highest BCUT2D eigenvalue weighted by molar-refractivity contribution is 8.00. The Morgan fingerprint density at radius 2 is 1.05 bits per heavy atom. The molecule has 0 aromatic carbocycles. The van der Waals surface area contributed by atoms with E-state index in [2.05, 4.69) is 56.7 Å². The van der Waals surface area contributed by atoms with Crippen molar-refractivity contribution in [3.8, 4) is 0 Å². The van der Waals surface area contributed by atoms with Crippen LogP contribution < -0.4 is 31.3 Å². The number of carboxylic acids is 2. The van der Waals surface area contributed by atoms with Gasteiger partial charge in [0.05, 0.1) is 58.0 Å². The van der Waals surface area contributed by atoms with E-state index in [1.54, 1.807) is 0 Å². The summed E-state index contributed by atoms with van der Waals surface area (Å²) < 4.78 is 24.0. The first-order valence-corrected chi connectivity index (χ1v) is 24.9. The standard InChI is InChI=1S/C42H78N6O14S3/c49-35(18-17-33(41(56)57)47-36(50)15-13-11-9-7-5-3-1-2-4-6-8-10-12-14-16-40(54)55)45-21-23-59-25-28-62-30-38(52)46-22-24-60-26-27-61-29-37(51)43-19-20-44-39(53)32-65-31-34(48-64)42(58)63/h33-34,38,46,48,52,64H,1-32H2,(H,43,51)(H,44,53)(H,45,49)(H,47,50)(H,54,55)(H,56,57)(H,58,63)/t33-,34-,38?/m0/s1. The number of hydrogen-bond donors (Lipinski definition) is 11. The van der Waals surface area contributed by atoms with Crippen molar-refractivity contribution >= 4 is 77.9 Å². The molecule has 23 heteroatoms. The number of aliphatic hydroxyl groups excluding tert-OH is 1. The van der Waals surface area contributed by atoms with Crippen molar-refractivity contribution in [2.75, 3.05) is 90.5 Å². The van der Waals surface area contributed by atoms with Gasteiger partial charge in [-0.1, -0.05) is 89.9 Å². The lowest BCUT2D eigenvalue weighted by atomic mass is 10.0. The third-order valence-electron chi connectivity index (χ3n) is 9.53. The number of amides is 4. The third-order valence-corrected chi connectivity index (χ3v) is 11.2. The number of aliphatic carboxylic acids is 2. The van der Waals surface area contributed by atoms with E-state index >= 15 is 0 Å². The monoisotopic (exact) mass is 986 g/mol. The molecule has 0 saturated heterocycles. The Morgan fingerprint density at radius 3 is 1.60 bits per heavy atom. The van der Waals surface area contributed by atoms with Gasteiger partial charge in [0.15, 0.2) is 0 Å². The Labute approximate surface area is 400 Å². The molecule has 378 valence electrons. The second kappa shape index (κ2) is 45.1. The first-order chi connectivity index (χ1) is 31.3. The van der Waals surface area contributed by atoms with Gasteiger partial charge in [0.2, 0.25) is 28.7 Å². The molecule has 0 spiro atoms. The topological polar surface area (TPSA) is 289 Å². The van der Waals surface area contributed by atoms with Gasteiger partial charge >= 0.3 is 11.9 Å². The molecule has 20 nitrogen and oxygen atoms in total. The number of aliphatic hydroxyl groups is 1. The van der Waals surface area contributed by atoms with Crippen molar-refractivity contribution in [1.82, 2.24) is 31.3 Å². The lowest BCUT2D eigenvalue weighted by Gasteiger charge is -2.15. The zero-order valence-corrected chi connectivity index (χ0v) is 40.6. The lowest BCUT2D eigenvalue weighted by molar-refractivity contribution is -0.142. The van der Waals surface area contributed by atoms with Crippen LogP contribution in [0.15, 0.2) is 0 Å². The Bertz CT molecular complexity index is 1300. The highest BCUT2D eigenvalue weighted by Crippen LogP contribution is 2.14. The van der Waals surface area contributed by atoms with Crippen molar-refractivity contribution in [1.29, 1.82) is 0 Å². The number of rotatable bonds is 48. The van der Waals surface area contributed by atoms with Crippen molar-refractivity contribution in [2.45, 2.75) is 134 Å². The summed E-state index contributed by atoms with van der Waals surface area (Å²) in [6.07, 6.45) is 14.5. The molecule has 9 N–H and O–H groups in total. The molecule has 0 bridgehead atoms. The summed E-state index contributed by atoms with van der Waals surface area (Å²) in [6, 6.07) is -1.70. The molecule has 3 atom stereocenters. The van der Waals surface area contributed by atoms with Crippen LogP contribution >= 0.6 is 37.2 Å². The van der Waals surface area contributed by atoms with Crippen molar-refractivity contribution in [2.24, 2.45) is 0 Å². The number of carbonyl (C=O) groups is 7. The summed E-state index contributed by atoms with van der Waals surface area (Å²) >= 11 is 8.83. The lowest BCUT2D eigenvalue weighted by Crippen LogP contribution is -2.41. The maximum absolute atomic E-state index is 12.3. The van der Waals surface area contributed by atoms with E-state index < -0.39 is 30.3 Å². The summed E-state index contributed by atoms with van der Waals surface area (Å²) in [6.45, 7) is 2.24. The fraction of sp³-hybridized carbons (Fsp3) is 0.833. The fourth-order valence-corrected chi connectivity index (χ4v) is 7.52. The number of carboxylic acid groups (broad SMARTS) is 2. The Balaban J connectivity index is 3.66. The molecule has 0 aliphatic heterocycles. The van der Waals surface area contributed by atoms with Gasteiger partial charge in [0.1, 0.15) is 18.9 Å². The summed E-state index contributed by atoms with van der Waals surface area (Å²) in [7, 11) is 0. The second-order valence-corrected chi connectivity index (χ2v) is 17.0. The first kappa shape index (κ1) is 62.3. The Hall–Kier alpha value is -2.74. The molecule has 0 aliphatic carbocycles. The van der Waals surface area contributed by atoms with Gasteiger partial charge in [-0.15, -0.1) is 24.4 Å². The minimum atomic E-state index is -1.19. The number of carbonyl (C=O) groups excluding carboxylic acids is 5. The SMILES string of the molecule is O=C(O)CCCCCCCCCCCCCCCCC(=O)N[C@@H](CCC(=O)NCCOCCOCC(O)NCCOCCOCC(=O)NCCNC(=O)CSC[C@H](NS)C(=O)S)C(=O)O. The number of ether oxygens (including phenoxy) is 4. The molecular weight excluding hydrogens is 909 g/mol. The zero-order valence-electron chi connectivity index (χ0n) is 38.0. The molecule has 0 fully saturated rings. The van der Waals surface area contributed by atoms with Crippen LogP contribution in [0.2, 0.25) is 0 Å². The van der Waals surface area contributed by atoms with Crippen LogP contribution in [0.3, 0.4) is 0 Å². The smallest absolute Gasteiger partial charge is 0.326 e. The first-order valence-electron chi connectivity index (χ1n) is 22.8. The van der Waals surface area contributed by atoms with E-state index in [4.69, 9.17) is 24.1 Å². The van der Waals surface area contributed by atoms with Gasteiger partial charge in [-0.25, -0.2) is 4.79 Å². The van der Waals surface area contributed by atoms with Gasteiger partial charge in [-0.3, -0.25) is 38.8 Å². The summed E-state index contributed by atoms with van der Waals surface area (Å²) in [5, 5.41) is 41.1. The van der Waals surface area contributed by atoms with Crippen LogP contribution in [0.25, 0.3) is 0 Å². The highest BCUT2D eigenvalue weighted by Gasteiger charge is 2.21. The van der Waals surface area contributed by atoms with E-state index in [1.165, 1.54) is 50.3 Å². The van der Waals surface area contributed by atoms with E-state index in [9.17, 15) is 43.8 Å². The van der Waals surface area contributed by atoms with Crippen molar-refractivity contribution < 1.29 is 67.8 Å². The largest absolute Gasteiger partial charge is 0.481 e. The van der Waals surface area contributed by atoms with Crippen molar-refractivity contribution in [3.05, 3.63) is 0 Å². The van der Waals surface area contributed by atoms with E-state index in [1.807, 2.05) is 0 Å². The molecule has 1 unspecified atom stereocenters. The highest BCUT2D eigenvalue weighted by atomic mass is 32.2. The predicted octanol–water partition coefficient (Wildman–Crippen LogP) is 1.98. The van der Waals surface area contributed by atoms with Gasteiger partial charge in [-0.05, 0) is 19.3 Å². The van der Waals surface area contributed by atoms with Crippen LogP contribution in [-0.2, 0) is 52.5 Å². The molecule has 0 radical (unpaired) electrons. The number of thioether (sulfide) groups is 1. The normalized spacial score (nSPS) is 12.5. The summed E-state index contributed by atoms with van der Waals surface area (Å²) in [4.78, 5) is 81.6. The quantitative estimate of drug-likeness (QED) is 0.0236. The summed E-state index contributed by atoms with van der Waals surface area (Å²) in [5.74, 6) is -2.66.